The molecule has 0 heterocycles. The first-order valence-corrected chi connectivity index (χ1v) is 6.80. The molecule has 1 fully saturated rings. The SMILES string of the molecule is Fc1ccc(CNC(=S)NNC(=S)NC2CC2)cc1. The molecule has 0 aromatic heterocycles. The van der Waals surface area contributed by atoms with Crippen LogP contribution in [0.5, 0.6) is 0 Å². The predicted molar refractivity (Wildman–Crippen MR) is 80.9 cm³/mol. The van der Waals surface area contributed by atoms with E-state index in [9.17, 15) is 4.39 Å². The van der Waals surface area contributed by atoms with Gasteiger partial charge in [-0.05, 0) is 55.0 Å². The molecule has 1 aliphatic carbocycles. The summed E-state index contributed by atoms with van der Waals surface area (Å²) in [5.74, 6) is -0.248. The highest BCUT2D eigenvalue weighted by Crippen LogP contribution is 2.18. The highest BCUT2D eigenvalue weighted by atomic mass is 32.1. The van der Waals surface area contributed by atoms with Crippen LogP contribution in [0.3, 0.4) is 0 Å². The van der Waals surface area contributed by atoms with Crippen molar-refractivity contribution in [3.8, 4) is 0 Å². The molecule has 1 aromatic rings. The molecule has 0 unspecified atom stereocenters. The number of rotatable bonds is 3. The topological polar surface area (TPSA) is 48.1 Å². The Morgan fingerprint density at radius 3 is 2.37 bits per heavy atom. The number of benzene rings is 1. The van der Waals surface area contributed by atoms with Crippen LogP contribution in [-0.2, 0) is 6.54 Å². The van der Waals surface area contributed by atoms with Crippen molar-refractivity contribution in [2.24, 2.45) is 0 Å². The van der Waals surface area contributed by atoms with Crippen LogP contribution in [0.2, 0.25) is 0 Å². The molecule has 1 saturated carbocycles. The van der Waals surface area contributed by atoms with Gasteiger partial charge in [0, 0.05) is 12.6 Å². The molecule has 4 nitrogen and oxygen atoms in total. The molecule has 0 spiro atoms. The van der Waals surface area contributed by atoms with Gasteiger partial charge in [-0.15, -0.1) is 0 Å². The summed E-state index contributed by atoms with van der Waals surface area (Å²) in [5.41, 5.74) is 6.54. The molecule has 7 heteroatoms. The summed E-state index contributed by atoms with van der Waals surface area (Å²) in [7, 11) is 0. The number of halogens is 1. The van der Waals surface area contributed by atoms with E-state index in [1.165, 1.54) is 12.1 Å². The van der Waals surface area contributed by atoms with Crippen LogP contribution in [0.25, 0.3) is 0 Å². The second-order valence-corrected chi connectivity index (χ2v) is 5.12. The summed E-state index contributed by atoms with van der Waals surface area (Å²) in [4.78, 5) is 0. The van der Waals surface area contributed by atoms with Gasteiger partial charge in [0.1, 0.15) is 5.82 Å². The highest BCUT2D eigenvalue weighted by Gasteiger charge is 2.21. The van der Waals surface area contributed by atoms with E-state index in [2.05, 4.69) is 21.5 Å². The van der Waals surface area contributed by atoms with Crippen molar-refractivity contribution < 1.29 is 4.39 Å². The summed E-state index contributed by atoms with van der Waals surface area (Å²) in [6.45, 7) is 0.524. The Morgan fingerprint density at radius 1 is 1.11 bits per heavy atom. The third kappa shape index (κ3) is 5.35. The molecule has 0 atom stereocenters. The minimum atomic E-state index is -0.248. The first-order valence-electron chi connectivity index (χ1n) is 5.98. The molecule has 0 bridgehead atoms. The maximum Gasteiger partial charge on any atom is 0.185 e. The molecule has 1 aliphatic rings. The van der Waals surface area contributed by atoms with Crippen LogP contribution in [-0.4, -0.2) is 16.3 Å². The van der Waals surface area contributed by atoms with E-state index >= 15 is 0 Å². The number of hydrazine groups is 1. The monoisotopic (exact) mass is 298 g/mol. The summed E-state index contributed by atoms with van der Waals surface area (Å²) in [5, 5.41) is 7.08. The lowest BCUT2D eigenvalue weighted by molar-refractivity contribution is 0.626. The van der Waals surface area contributed by atoms with Crippen LogP contribution in [0.15, 0.2) is 24.3 Å². The van der Waals surface area contributed by atoms with Gasteiger partial charge in [-0.3, -0.25) is 10.9 Å². The van der Waals surface area contributed by atoms with Gasteiger partial charge in [-0.2, -0.15) is 0 Å². The van der Waals surface area contributed by atoms with Crippen molar-refractivity contribution in [3.63, 3.8) is 0 Å². The van der Waals surface area contributed by atoms with E-state index < -0.39 is 0 Å². The molecular weight excluding hydrogens is 283 g/mol. The fourth-order valence-electron chi connectivity index (χ4n) is 1.39. The van der Waals surface area contributed by atoms with E-state index in [-0.39, 0.29) is 5.82 Å². The Kier molecular flexibility index (Phi) is 4.86. The predicted octanol–water partition coefficient (Wildman–Crippen LogP) is 1.33. The Labute approximate surface area is 122 Å². The third-order valence-electron chi connectivity index (χ3n) is 2.57. The van der Waals surface area contributed by atoms with Gasteiger partial charge in [0.05, 0.1) is 0 Å². The first-order chi connectivity index (χ1) is 9.13. The van der Waals surface area contributed by atoms with E-state index in [0.717, 1.165) is 18.4 Å². The fraction of sp³-hybridized carbons (Fsp3) is 0.333. The van der Waals surface area contributed by atoms with Crippen LogP contribution < -0.4 is 21.5 Å². The van der Waals surface area contributed by atoms with Crippen molar-refractivity contribution in [1.82, 2.24) is 21.5 Å². The fourth-order valence-corrected chi connectivity index (χ4v) is 1.73. The largest absolute Gasteiger partial charge is 0.359 e. The Bertz CT molecular complexity index is 459. The summed E-state index contributed by atoms with van der Waals surface area (Å²) < 4.78 is 12.7. The molecule has 0 radical (unpaired) electrons. The Morgan fingerprint density at radius 2 is 1.74 bits per heavy atom. The van der Waals surface area contributed by atoms with Gasteiger partial charge in [0.25, 0.3) is 0 Å². The summed E-state index contributed by atoms with van der Waals surface area (Å²) in [6, 6.07) is 6.75. The van der Waals surface area contributed by atoms with Crippen molar-refractivity contribution in [1.29, 1.82) is 0 Å². The Balaban J connectivity index is 1.63. The summed E-state index contributed by atoms with van der Waals surface area (Å²) in [6.07, 6.45) is 2.32. The minimum Gasteiger partial charge on any atom is -0.359 e. The maximum absolute atomic E-state index is 12.7. The van der Waals surface area contributed by atoms with Crippen LogP contribution in [0.4, 0.5) is 4.39 Å². The minimum absolute atomic E-state index is 0.248. The maximum atomic E-state index is 12.7. The number of hydrogen-bond acceptors (Lipinski definition) is 2. The molecule has 0 amide bonds. The van der Waals surface area contributed by atoms with Gasteiger partial charge in [0.15, 0.2) is 10.2 Å². The van der Waals surface area contributed by atoms with Gasteiger partial charge < -0.3 is 10.6 Å². The summed E-state index contributed by atoms with van der Waals surface area (Å²) >= 11 is 10.1. The molecule has 19 heavy (non-hydrogen) atoms. The molecule has 0 aliphatic heterocycles. The smallest absolute Gasteiger partial charge is 0.185 e. The molecule has 2 rings (SSSR count). The van der Waals surface area contributed by atoms with Crippen LogP contribution in [0.1, 0.15) is 18.4 Å². The van der Waals surface area contributed by atoms with E-state index in [0.29, 0.717) is 22.8 Å². The molecule has 1 aromatic carbocycles. The van der Waals surface area contributed by atoms with E-state index in [4.69, 9.17) is 24.4 Å². The second kappa shape index (κ2) is 6.63. The average molecular weight is 298 g/mol. The zero-order valence-electron chi connectivity index (χ0n) is 10.2. The van der Waals surface area contributed by atoms with E-state index in [1.54, 1.807) is 12.1 Å². The highest BCUT2D eigenvalue weighted by molar-refractivity contribution is 7.80. The van der Waals surface area contributed by atoms with Crippen molar-refractivity contribution >= 4 is 34.7 Å². The standard InChI is InChI=1S/C12H15FN4S2/c13-9-3-1-8(2-4-9)7-14-11(18)16-17-12(19)15-10-5-6-10/h1-4,10H,5-7H2,(H2,14,16,18)(H2,15,17,19). The third-order valence-corrected chi connectivity index (χ3v) is 3.03. The van der Waals surface area contributed by atoms with Gasteiger partial charge >= 0.3 is 0 Å². The Hall–Kier alpha value is -1.47. The van der Waals surface area contributed by atoms with Crippen LogP contribution >= 0.6 is 24.4 Å². The first kappa shape index (κ1) is 14.0. The number of nitrogens with one attached hydrogen (secondary N) is 4. The second-order valence-electron chi connectivity index (χ2n) is 4.31. The van der Waals surface area contributed by atoms with Gasteiger partial charge in [-0.1, -0.05) is 12.1 Å². The molecule has 4 N–H and O–H groups in total. The normalized spacial score (nSPS) is 13.5. The lowest BCUT2D eigenvalue weighted by Crippen LogP contribution is -2.50. The van der Waals surface area contributed by atoms with Gasteiger partial charge in [-0.25, -0.2) is 4.39 Å². The van der Waals surface area contributed by atoms with Crippen LogP contribution in [0, 0.1) is 5.82 Å². The van der Waals surface area contributed by atoms with Crippen molar-refractivity contribution in [2.45, 2.75) is 25.4 Å². The lowest BCUT2D eigenvalue weighted by Gasteiger charge is -2.13. The molecule has 0 saturated heterocycles. The van der Waals surface area contributed by atoms with Gasteiger partial charge in [0.2, 0.25) is 0 Å². The number of thiocarbonyl (C=S) groups is 2. The van der Waals surface area contributed by atoms with Crippen molar-refractivity contribution in [2.75, 3.05) is 0 Å². The quantitative estimate of drug-likeness (QED) is 0.499. The zero-order chi connectivity index (χ0) is 13.7. The average Bonchev–Trinajstić information content (AvgIpc) is 3.19. The lowest BCUT2D eigenvalue weighted by atomic mass is 10.2. The van der Waals surface area contributed by atoms with E-state index in [1.807, 2.05) is 0 Å². The number of hydrogen-bond donors (Lipinski definition) is 4. The van der Waals surface area contributed by atoms with Crippen molar-refractivity contribution in [3.05, 3.63) is 35.6 Å². The molecule has 102 valence electrons. The molecular formula is C12H15FN4S2. The zero-order valence-corrected chi connectivity index (χ0v) is 11.8.